The molecular formula is C8H12N2O4. The summed E-state index contributed by atoms with van der Waals surface area (Å²) >= 11 is 0. The average Bonchev–Trinajstić information content (AvgIpc) is 2.61. The first-order chi connectivity index (χ1) is 6.74. The zero-order valence-corrected chi connectivity index (χ0v) is 7.64. The Morgan fingerprint density at radius 2 is 2.36 bits per heavy atom. The Morgan fingerprint density at radius 3 is 2.93 bits per heavy atom. The summed E-state index contributed by atoms with van der Waals surface area (Å²) in [6.45, 7) is 1.34. The fourth-order valence-electron chi connectivity index (χ4n) is 0.900. The highest BCUT2D eigenvalue weighted by molar-refractivity contribution is 5.17. The third kappa shape index (κ3) is 3.15. The maximum Gasteiger partial charge on any atom is 0.433 e. The molecule has 0 aromatic carbocycles. The van der Waals surface area contributed by atoms with Crippen LogP contribution in [-0.2, 0) is 11.3 Å². The van der Waals surface area contributed by atoms with Crippen LogP contribution in [-0.4, -0.2) is 18.1 Å². The molecule has 0 aliphatic carbocycles. The molecule has 0 bridgehead atoms. The molecule has 0 atom stereocenters. The van der Waals surface area contributed by atoms with Gasteiger partial charge in [0.05, 0.1) is 6.07 Å². The number of ether oxygens (including phenoxy) is 1. The van der Waals surface area contributed by atoms with Gasteiger partial charge in [-0.2, -0.15) is 0 Å². The minimum Gasteiger partial charge on any atom is -0.403 e. The summed E-state index contributed by atoms with van der Waals surface area (Å²) in [6, 6.07) is 2.84. The van der Waals surface area contributed by atoms with E-state index in [2.05, 4.69) is 0 Å². The summed E-state index contributed by atoms with van der Waals surface area (Å²) in [6.07, 6.45) is 0.767. The highest BCUT2D eigenvalue weighted by Crippen LogP contribution is 2.15. The zero-order chi connectivity index (χ0) is 10.4. The largest absolute Gasteiger partial charge is 0.433 e. The summed E-state index contributed by atoms with van der Waals surface area (Å²) in [7, 11) is 0. The van der Waals surface area contributed by atoms with Crippen LogP contribution in [0.1, 0.15) is 12.2 Å². The first-order valence-corrected chi connectivity index (χ1v) is 4.25. The second-order valence-corrected chi connectivity index (χ2v) is 2.69. The van der Waals surface area contributed by atoms with Crippen LogP contribution in [0.5, 0.6) is 0 Å². The van der Waals surface area contributed by atoms with E-state index in [4.69, 9.17) is 14.9 Å². The first-order valence-electron chi connectivity index (χ1n) is 4.25. The lowest BCUT2D eigenvalue weighted by Gasteiger charge is -1.98. The van der Waals surface area contributed by atoms with Gasteiger partial charge in [-0.25, -0.2) is 0 Å². The van der Waals surface area contributed by atoms with Crippen LogP contribution in [0.2, 0.25) is 0 Å². The predicted molar refractivity (Wildman–Crippen MR) is 48.7 cm³/mol. The molecule has 6 heteroatoms. The van der Waals surface area contributed by atoms with E-state index in [9.17, 15) is 10.1 Å². The quantitative estimate of drug-likeness (QED) is 0.421. The maximum atomic E-state index is 10.2. The van der Waals surface area contributed by atoms with E-state index in [1.165, 1.54) is 12.1 Å². The van der Waals surface area contributed by atoms with Gasteiger partial charge in [-0.15, -0.1) is 0 Å². The molecule has 0 saturated heterocycles. The Kier molecular flexibility index (Phi) is 4.09. The molecule has 2 N–H and O–H groups in total. The Bertz CT molecular complexity index is 297. The highest BCUT2D eigenvalue weighted by atomic mass is 16.6. The normalized spacial score (nSPS) is 10.4. The smallest absolute Gasteiger partial charge is 0.403 e. The third-order valence-electron chi connectivity index (χ3n) is 1.56. The molecule has 14 heavy (non-hydrogen) atoms. The number of nitrogens with zero attached hydrogens (tertiary/aromatic N) is 1. The van der Waals surface area contributed by atoms with E-state index in [-0.39, 0.29) is 12.5 Å². The van der Waals surface area contributed by atoms with Crippen LogP contribution >= 0.6 is 0 Å². The minimum absolute atomic E-state index is 0.244. The predicted octanol–water partition coefficient (Wildman–Crippen LogP) is 1.05. The molecule has 0 aliphatic rings. The van der Waals surface area contributed by atoms with E-state index in [0.717, 1.165) is 6.42 Å². The summed E-state index contributed by atoms with van der Waals surface area (Å²) in [5.74, 6) is 0.191. The molecule has 0 amide bonds. The van der Waals surface area contributed by atoms with Crippen LogP contribution in [0.25, 0.3) is 0 Å². The Labute approximate surface area is 80.8 Å². The second kappa shape index (κ2) is 5.36. The van der Waals surface area contributed by atoms with Gasteiger partial charge in [-0.05, 0) is 19.0 Å². The fraction of sp³-hybridized carbons (Fsp3) is 0.500. The summed E-state index contributed by atoms with van der Waals surface area (Å²) < 4.78 is 10.0. The van der Waals surface area contributed by atoms with Gasteiger partial charge in [0, 0.05) is 6.61 Å². The fourth-order valence-corrected chi connectivity index (χ4v) is 0.900. The van der Waals surface area contributed by atoms with Crippen molar-refractivity contribution in [1.82, 2.24) is 0 Å². The first kappa shape index (κ1) is 10.7. The molecule has 0 fully saturated rings. The molecule has 1 heterocycles. The van der Waals surface area contributed by atoms with Crippen molar-refractivity contribution in [3.63, 3.8) is 0 Å². The van der Waals surface area contributed by atoms with Gasteiger partial charge in [-0.1, -0.05) is 0 Å². The van der Waals surface area contributed by atoms with Crippen LogP contribution in [0.4, 0.5) is 5.88 Å². The molecule has 6 nitrogen and oxygen atoms in total. The van der Waals surface area contributed by atoms with Crippen molar-refractivity contribution in [2.24, 2.45) is 5.73 Å². The van der Waals surface area contributed by atoms with E-state index in [1.807, 2.05) is 0 Å². The number of hydrogen-bond donors (Lipinski definition) is 1. The molecule has 1 aromatic rings. The number of hydrogen-bond acceptors (Lipinski definition) is 5. The topological polar surface area (TPSA) is 91.5 Å². The van der Waals surface area contributed by atoms with Gasteiger partial charge < -0.3 is 14.9 Å². The van der Waals surface area contributed by atoms with Gasteiger partial charge >= 0.3 is 5.88 Å². The number of furan rings is 1. The van der Waals surface area contributed by atoms with Crippen molar-refractivity contribution in [2.45, 2.75) is 13.0 Å². The van der Waals surface area contributed by atoms with Crippen LogP contribution in [0, 0.1) is 10.1 Å². The summed E-state index contributed by atoms with van der Waals surface area (Å²) in [5.41, 5.74) is 5.26. The Morgan fingerprint density at radius 1 is 1.57 bits per heavy atom. The lowest BCUT2D eigenvalue weighted by atomic mass is 10.4. The van der Waals surface area contributed by atoms with Gasteiger partial charge in [0.2, 0.25) is 0 Å². The van der Waals surface area contributed by atoms with Gasteiger partial charge in [0.15, 0.2) is 0 Å². The summed E-state index contributed by atoms with van der Waals surface area (Å²) in [4.78, 5) is 9.67. The highest BCUT2D eigenvalue weighted by Gasteiger charge is 2.11. The van der Waals surface area contributed by atoms with Crippen LogP contribution in [0.15, 0.2) is 16.5 Å². The van der Waals surface area contributed by atoms with E-state index in [0.29, 0.717) is 18.9 Å². The van der Waals surface area contributed by atoms with Crippen molar-refractivity contribution >= 4 is 5.88 Å². The Balaban J connectivity index is 2.33. The molecular weight excluding hydrogens is 188 g/mol. The number of rotatable bonds is 6. The van der Waals surface area contributed by atoms with Crippen LogP contribution in [0.3, 0.4) is 0 Å². The van der Waals surface area contributed by atoms with E-state index >= 15 is 0 Å². The molecule has 0 radical (unpaired) electrons. The standard InChI is InChI=1S/C8H12N2O4/c9-4-1-5-13-6-7-2-3-8(14-7)10(11)12/h2-3H,1,4-6,9H2. The van der Waals surface area contributed by atoms with Crippen LogP contribution < -0.4 is 5.73 Å². The molecule has 0 saturated carbocycles. The van der Waals surface area contributed by atoms with Gasteiger partial charge in [-0.3, -0.25) is 10.1 Å². The molecule has 0 spiro atoms. The zero-order valence-electron chi connectivity index (χ0n) is 7.64. The van der Waals surface area contributed by atoms with Gasteiger partial charge in [0.25, 0.3) is 0 Å². The van der Waals surface area contributed by atoms with Crippen molar-refractivity contribution in [1.29, 1.82) is 0 Å². The third-order valence-corrected chi connectivity index (χ3v) is 1.56. The van der Waals surface area contributed by atoms with E-state index < -0.39 is 4.92 Å². The van der Waals surface area contributed by atoms with E-state index in [1.54, 1.807) is 0 Å². The molecule has 1 rings (SSSR count). The van der Waals surface area contributed by atoms with Crippen molar-refractivity contribution < 1.29 is 14.1 Å². The second-order valence-electron chi connectivity index (χ2n) is 2.69. The maximum absolute atomic E-state index is 10.2. The molecule has 1 aromatic heterocycles. The van der Waals surface area contributed by atoms with Crippen molar-refractivity contribution in [2.75, 3.05) is 13.2 Å². The lowest BCUT2D eigenvalue weighted by molar-refractivity contribution is -0.402. The number of nitrogens with two attached hydrogens (primary N) is 1. The van der Waals surface area contributed by atoms with Crippen molar-refractivity contribution in [3.05, 3.63) is 28.0 Å². The lowest BCUT2D eigenvalue weighted by Crippen LogP contribution is -2.03. The SMILES string of the molecule is NCCCOCc1ccc([N+](=O)[O-])o1. The molecule has 0 aliphatic heterocycles. The minimum atomic E-state index is -0.580. The monoisotopic (exact) mass is 200 g/mol. The number of nitro groups is 1. The Hall–Kier alpha value is -1.40. The summed E-state index contributed by atoms with van der Waals surface area (Å²) in [5, 5.41) is 10.2. The van der Waals surface area contributed by atoms with Crippen molar-refractivity contribution in [3.8, 4) is 0 Å². The molecule has 78 valence electrons. The average molecular weight is 200 g/mol. The van der Waals surface area contributed by atoms with Gasteiger partial charge in [0.1, 0.15) is 17.3 Å². The molecule has 0 unspecified atom stereocenters.